The first kappa shape index (κ1) is 24.5. The van der Waals surface area contributed by atoms with Crippen LogP contribution in [0.4, 0.5) is 0 Å². The van der Waals surface area contributed by atoms with E-state index in [9.17, 15) is 13.5 Å². The molecule has 0 saturated heterocycles. The minimum Gasteiger partial charge on any atom is -0.386 e. The molecule has 3 N–H and O–H groups in total. The van der Waals surface area contributed by atoms with E-state index in [0.29, 0.717) is 11.0 Å². The molecule has 7 heteroatoms. The Morgan fingerprint density at radius 1 is 1.04 bits per heavy atom. The highest BCUT2D eigenvalue weighted by Gasteiger charge is 2.23. The maximum Gasteiger partial charge on any atom is 0.267 e. The number of allylic oxidation sites excluding steroid dienone is 1. The Morgan fingerprint density at radius 2 is 1.60 bits per heavy atom. The second-order valence-electron chi connectivity index (χ2n) is 7.55. The third-order valence-corrected chi connectivity index (χ3v) is 5.04. The quantitative estimate of drug-likeness (QED) is 0.156. The van der Waals surface area contributed by atoms with Crippen LogP contribution in [0.15, 0.2) is 12.7 Å². The molecule has 6 nitrogen and oxygen atoms in total. The van der Waals surface area contributed by atoms with Gasteiger partial charge in [-0.3, -0.25) is 4.55 Å². The van der Waals surface area contributed by atoms with E-state index in [2.05, 4.69) is 11.9 Å². The minimum absolute atomic E-state index is 0.311. The number of hydrogen-bond donors (Lipinski definition) is 3. The first-order valence-electron chi connectivity index (χ1n) is 9.43. The van der Waals surface area contributed by atoms with E-state index in [0.717, 1.165) is 32.5 Å². The smallest absolute Gasteiger partial charge is 0.267 e. The van der Waals surface area contributed by atoms with Crippen molar-refractivity contribution in [2.75, 3.05) is 46.0 Å². The van der Waals surface area contributed by atoms with E-state index < -0.39 is 22.0 Å². The zero-order valence-electron chi connectivity index (χ0n) is 16.1. The molecule has 0 amide bonds. The van der Waals surface area contributed by atoms with Gasteiger partial charge in [0.1, 0.15) is 18.4 Å². The van der Waals surface area contributed by atoms with Crippen LogP contribution in [0.25, 0.3) is 0 Å². The van der Waals surface area contributed by atoms with E-state index in [1.54, 1.807) is 0 Å². The van der Waals surface area contributed by atoms with Crippen LogP contribution in [0, 0.1) is 0 Å². The largest absolute Gasteiger partial charge is 0.386 e. The predicted octanol–water partition coefficient (Wildman–Crippen LogP) is 2.21. The van der Waals surface area contributed by atoms with Crippen LogP contribution in [0.5, 0.6) is 0 Å². The van der Waals surface area contributed by atoms with E-state index in [1.807, 2.05) is 20.2 Å². The molecule has 0 fully saturated rings. The van der Waals surface area contributed by atoms with Gasteiger partial charge in [-0.25, -0.2) is 0 Å². The normalized spacial score (nSPS) is 13.8. The highest BCUT2D eigenvalue weighted by Crippen LogP contribution is 2.07. The minimum atomic E-state index is -4.12. The van der Waals surface area contributed by atoms with Crippen molar-refractivity contribution in [3.05, 3.63) is 12.7 Å². The molecule has 0 radical (unpaired) electrons. The summed E-state index contributed by atoms with van der Waals surface area (Å²) in [6.45, 7) is 6.85. The summed E-state index contributed by atoms with van der Waals surface area (Å²) in [7, 11) is -0.204. The molecule has 0 bridgehead atoms. The van der Waals surface area contributed by atoms with Crippen molar-refractivity contribution >= 4 is 10.1 Å². The number of aliphatic hydroxyl groups is 1. The number of likely N-dealkylation sites (N-methyl/N-ethyl adjacent to an activating group) is 1. The third kappa shape index (κ3) is 18.1. The summed E-state index contributed by atoms with van der Waals surface area (Å²) in [5, 5.41) is 13.2. The predicted molar refractivity (Wildman–Crippen MR) is 104 cm³/mol. The fourth-order valence-electron chi connectivity index (χ4n) is 2.96. The average molecular weight is 380 g/mol. The maximum absolute atomic E-state index is 10.8. The van der Waals surface area contributed by atoms with E-state index in [4.69, 9.17) is 4.55 Å². The lowest BCUT2D eigenvalue weighted by Gasteiger charge is -2.31. The van der Waals surface area contributed by atoms with E-state index in [1.165, 1.54) is 38.5 Å². The Bertz CT molecular complexity index is 438. The Kier molecular flexibility index (Phi) is 13.4. The molecular formula is C18H39N2O4S+. The molecule has 0 aromatic heterocycles. The number of quaternary nitrogens is 1. The Hall–Kier alpha value is -0.470. The number of hydrogen-bond acceptors (Lipinski definition) is 4. The SMILES string of the molecule is C=CCCCCCCCCNCCC[N+](C)(C)CC(O)CS(=O)(=O)O. The van der Waals surface area contributed by atoms with Crippen LogP contribution in [0.3, 0.4) is 0 Å². The van der Waals surface area contributed by atoms with Crippen molar-refractivity contribution < 1.29 is 22.6 Å². The Balaban J connectivity index is 3.55. The van der Waals surface area contributed by atoms with Gasteiger partial charge in [-0.2, -0.15) is 8.42 Å². The van der Waals surface area contributed by atoms with Gasteiger partial charge in [-0.05, 0) is 25.8 Å². The van der Waals surface area contributed by atoms with Gasteiger partial charge in [0.15, 0.2) is 0 Å². The second kappa shape index (κ2) is 13.7. The summed E-state index contributed by atoms with van der Waals surface area (Å²) in [5.74, 6) is -0.597. The van der Waals surface area contributed by atoms with Crippen molar-refractivity contribution in [3.8, 4) is 0 Å². The summed E-state index contributed by atoms with van der Waals surface area (Å²) in [6.07, 6.45) is 10.7. The van der Waals surface area contributed by atoms with Gasteiger partial charge in [-0.15, -0.1) is 6.58 Å². The Labute approximate surface area is 154 Å². The fourth-order valence-corrected chi connectivity index (χ4v) is 3.55. The molecule has 25 heavy (non-hydrogen) atoms. The summed E-state index contributed by atoms with van der Waals surface area (Å²) in [6, 6.07) is 0. The zero-order valence-corrected chi connectivity index (χ0v) is 16.9. The van der Waals surface area contributed by atoms with Gasteiger partial charge in [0, 0.05) is 13.0 Å². The van der Waals surface area contributed by atoms with E-state index >= 15 is 0 Å². The van der Waals surface area contributed by atoms with Crippen LogP contribution >= 0.6 is 0 Å². The second-order valence-corrected chi connectivity index (χ2v) is 9.04. The van der Waals surface area contributed by atoms with Gasteiger partial charge in [-0.1, -0.05) is 31.8 Å². The van der Waals surface area contributed by atoms with Gasteiger partial charge < -0.3 is 14.9 Å². The highest BCUT2D eigenvalue weighted by atomic mass is 32.2. The lowest BCUT2D eigenvalue weighted by molar-refractivity contribution is -0.893. The first-order chi connectivity index (χ1) is 11.7. The molecule has 0 spiro atoms. The van der Waals surface area contributed by atoms with Crippen LogP contribution in [-0.4, -0.2) is 74.7 Å². The van der Waals surface area contributed by atoms with Gasteiger partial charge in [0.05, 0.1) is 20.6 Å². The lowest BCUT2D eigenvalue weighted by atomic mass is 10.1. The van der Waals surface area contributed by atoms with Crippen molar-refractivity contribution in [2.45, 2.75) is 57.5 Å². The number of nitrogens with one attached hydrogen (secondary N) is 1. The molecule has 150 valence electrons. The van der Waals surface area contributed by atoms with Crippen molar-refractivity contribution in [3.63, 3.8) is 0 Å². The summed E-state index contributed by atoms with van der Waals surface area (Å²) >= 11 is 0. The van der Waals surface area contributed by atoms with Gasteiger partial charge >= 0.3 is 0 Å². The van der Waals surface area contributed by atoms with Crippen molar-refractivity contribution in [1.29, 1.82) is 0 Å². The monoisotopic (exact) mass is 379 g/mol. The van der Waals surface area contributed by atoms with Crippen LogP contribution < -0.4 is 5.32 Å². The average Bonchev–Trinajstić information content (AvgIpc) is 2.45. The molecule has 0 rings (SSSR count). The lowest BCUT2D eigenvalue weighted by Crippen LogP contribution is -2.48. The molecule has 0 saturated carbocycles. The molecule has 0 heterocycles. The number of nitrogens with zero attached hydrogens (tertiary/aromatic N) is 1. The van der Waals surface area contributed by atoms with E-state index in [-0.39, 0.29) is 0 Å². The van der Waals surface area contributed by atoms with Crippen LogP contribution in [-0.2, 0) is 10.1 Å². The molecule has 0 aromatic carbocycles. The third-order valence-electron chi connectivity index (χ3n) is 4.24. The Morgan fingerprint density at radius 3 is 2.20 bits per heavy atom. The summed E-state index contributed by atoms with van der Waals surface area (Å²) in [4.78, 5) is 0. The molecule has 0 aliphatic carbocycles. The first-order valence-corrected chi connectivity index (χ1v) is 11.0. The standard InChI is InChI=1S/C18H38N2O4S/c1-4-5-6-7-8-9-10-11-13-19-14-12-15-20(2,3)16-18(21)17-25(22,23)24/h4,18-19,21H,1,5-17H2,2-3H3/p+1. The summed E-state index contributed by atoms with van der Waals surface area (Å²) < 4.78 is 30.8. The van der Waals surface area contributed by atoms with Crippen LogP contribution in [0.2, 0.25) is 0 Å². The molecule has 1 unspecified atom stereocenters. The van der Waals surface area contributed by atoms with Crippen molar-refractivity contribution in [1.82, 2.24) is 5.32 Å². The van der Waals surface area contributed by atoms with Crippen LogP contribution in [0.1, 0.15) is 51.4 Å². The highest BCUT2D eigenvalue weighted by molar-refractivity contribution is 7.85. The topological polar surface area (TPSA) is 86.6 Å². The van der Waals surface area contributed by atoms with Gasteiger partial charge in [0.2, 0.25) is 0 Å². The summed E-state index contributed by atoms with van der Waals surface area (Å²) in [5.41, 5.74) is 0. The number of aliphatic hydroxyl groups excluding tert-OH is 1. The molecule has 1 atom stereocenters. The molecule has 0 aliphatic heterocycles. The zero-order chi connectivity index (χ0) is 19.2. The molecular weight excluding hydrogens is 340 g/mol. The number of rotatable bonds is 17. The maximum atomic E-state index is 10.8. The fraction of sp³-hybridized carbons (Fsp3) is 0.889. The molecule has 0 aromatic rings. The molecule has 0 aliphatic rings. The van der Waals surface area contributed by atoms with Crippen molar-refractivity contribution in [2.24, 2.45) is 0 Å². The number of unbranched alkanes of at least 4 members (excludes halogenated alkanes) is 6. The van der Waals surface area contributed by atoms with Gasteiger partial charge in [0.25, 0.3) is 10.1 Å².